The number of methoxy groups -OCH3 is 2. The monoisotopic (exact) mass is 887 g/mol. The molecule has 2 aliphatic heterocycles. The number of halogens is 2. The van der Waals surface area contributed by atoms with Crippen LogP contribution in [-0.4, -0.2) is 143 Å². The molecule has 0 spiro atoms. The van der Waals surface area contributed by atoms with Crippen LogP contribution in [0.2, 0.25) is 0 Å². The number of nitrogens with zero attached hydrogens (tertiary/aromatic N) is 2. The van der Waals surface area contributed by atoms with Crippen LogP contribution in [0, 0.1) is 41.2 Å². The number of ether oxygens (including phenoxy) is 6. The normalized spacial score (nSPS) is 43.7. The molecule has 2 heterocycles. The quantitative estimate of drug-likeness (QED) is 0.209. The summed E-state index contributed by atoms with van der Waals surface area (Å²) in [6.45, 7) is 17.5. The van der Waals surface area contributed by atoms with E-state index in [-0.39, 0.29) is 49.4 Å². The van der Waals surface area contributed by atoms with Crippen LogP contribution in [0.15, 0.2) is 23.4 Å². The van der Waals surface area contributed by atoms with Gasteiger partial charge in [-0.2, -0.15) is 0 Å². The van der Waals surface area contributed by atoms with E-state index in [0.29, 0.717) is 18.6 Å². The van der Waals surface area contributed by atoms with Gasteiger partial charge in [-0.05, 0) is 79.6 Å². The van der Waals surface area contributed by atoms with Crippen molar-refractivity contribution in [3.8, 4) is 0 Å². The third-order valence-corrected chi connectivity index (χ3v) is 14.3. The first kappa shape index (κ1) is 52.4. The van der Waals surface area contributed by atoms with Crippen LogP contribution in [0.3, 0.4) is 0 Å². The lowest BCUT2D eigenvalue weighted by Crippen LogP contribution is -2.61. The van der Waals surface area contributed by atoms with E-state index >= 15 is 0 Å². The molecule has 0 unspecified atom stereocenters. The molecule has 356 valence electrons. The molecule has 16 heteroatoms. The Morgan fingerprint density at radius 3 is 2.13 bits per heavy atom. The summed E-state index contributed by atoms with van der Waals surface area (Å²) in [6.07, 6.45) is -7.40. The Balaban J connectivity index is 1.90. The van der Waals surface area contributed by atoms with Gasteiger partial charge in [-0.3, -0.25) is 4.79 Å². The molecule has 4 N–H and O–H groups in total. The van der Waals surface area contributed by atoms with Gasteiger partial charge in [0.05, 0.1) is 53.0 Å². The van der Waals surface area contributed by atoms with Crippen LogP contribution >= 0.6 is 0 Å². The molecule has 1 aromatic carbocycles. The van der Waals surface area contributed by atoms with Gasteiger partial charge in [0.25, 0.3) is 0 Å². The predicted molar refractivity (Wildman–Crippen MR) is 228 cm³/mol. The first-order valence-electron chi connectivity index (χ1n) is 22.2. The van der Waals surface area contributed by atoms with Gasteiger partial charge < -0.3 is 58.6 Å². The molecular weight excluding hydrogens is 811 g/mol. The zero-order chi connectivity index (χ0) is 46.6. The molecule has 0 amide bonds. The van der Waals surface area contributed by atoms with Crippen molar-refractivity contribution >= 4 is 11.5 Å². The number of benzene rings is 1. The molecular formula is C46H76F2N2O12. The van der Waals surface area contributed by atoms with E-state index in [1.54, 1.807) is 27.7 Å². The average molecular weight is 887 g/mol. The molecule has 1 aliphatic carbocycles. The molecule has 1 saturated carbocycles. The van der Waals surface area contributed by atoms with E-state index in [1.807, 2.05) is 53.6 Å². The molecule has 2 saturated heterocycles. The number of Topliss-reactive ketones (excluding diaryl/α,β-unsaturated/α-hetero) is 1. The zero-order valence-electron chi connectivity index (χ0n) is 39.3. The predicted octanol–water partition coefficient (Wildman–Crippen LogP) is 5.39. The molecule has 18 atom stereocenters. The second-order valence-corrected chi connectivity index (χ2v) is 19.2. The van der Waals surface area contributed by atoms with Gasteiger partial charge in [-0.25, -0.2) is 8.78 Å². The van der Waals surface area contributed by atoms with Crippen molar-refractivity contribution in [2.75, 3.05) is 28.3 Å². The summed E-state index contributed by atoms with van der Waals surface area (Å²) in [5.41, 5.74) is -3.74. The Bertz CT molecular complexity index is 1650. The lowest BCUT2D eigenvalue weighted by atomic mass is 9.69. The topological polar surface area (TPSA) is 178 Å². The zero-order valence-corrected chi connectivity index (χ0v) is 39.3. The lowest BCUT2D eigenvalue weighted by Gasteiger charge is -2.50. The number of carbonyl (C=O) groups excluding carboxylic acids is 1. The standard InChI is InChI=1S/C46H76F2N2O12/c1-15-31-19-35(51)26(4)39(61-36-22-44(8,56-13)41(54)29(7)60-36)28(6)42(62-43-38(52)34(50(11)12)18-25(3)59-43)45(9,57-14)21-24(2)37(27(5)40(53)46(31,10)55)49-58-23-30-16-17-32(47)20-33(30)48/h16-17,20,24-29,31,34,36,38-43,52-55H,15,18-19,21-23H2,1-14H3/b49-37+/t24-,25-,26+,27+,28+,29+,31+,34+,36+,38-,39-,40-,41+,42-,43+,44-,45-,46-/m1/s1. The highest BCUT2D eigenvalue weighted by molar-refractivity contribution is 5.89. The Morgan fingerprint density at radius 1 is 0.903 bits per heavy atom. The maximum absolute atomic E-state index is 14.7. The summed E-state index contributed by atoms with van der Waals surface area (Å²) in [7, 11) is 6.80. The second kappa shape index (κ2) is 21.4. The summed E-state index contributed by atoms with van der Waals surface area (Å²) < 4.78 is 67.1. The van der Waals surface area contributed by atoms with Crippen molar-refractivity contribution in [1.82, 2.24) is 4.90 Å². The summed E-state index contributed by atoms with van der Waals surface area (Å²) in [6, 6.07) is 2.83. The van der Waals surface area contributed by atoms with Crippen LogP contribution in [-0.2, 0) is 44.7 Å². The third kappa shape index (κ3) is 11.6. The number of likely N-dealkylation sites (N-methyl/N-ethyl adjacent to an activating group) is 1. The maximum atomic E-state index is 14.7. The van der Waals surface area contributed by atoms with Gasteiger partial charge in [0.1, 0.15) is 36.2 Å². The Kier molecular flexibility index (Phi) is 18.1. The van der Waals surface area contributed by atoms with Crippen LogP contribution < -0.4 is 0 Å². The van der Waals surface area contributed by atoms with Gasteiger partial charge in [-0.1, -0.05) is 46.2 Å². The molecule has 0 bridgehead atoms. The molecule has 3 fully saturated rings. The molecule has 0 radical (unpaired) electrons. The summed E-state index contributed by atoms with van der Waals surface area (Å²) >= 11 is 0. The Morgan fingerprint density at radius 2 is 1.55 bits per heavy atom. The number of oxime groups is 1. The minimum absolute atomic E-state index is 0.0613. The fraction of sp³-hybridized carbons (Fsp3) is 0.826. The highest BCUT2D eigenvalue weighted by Gasteiger charge is 2.53. The first-order chi connectivity index (χ1) is 28.8. The van der Waals surface area contributed by atoms with E-state index in [0.717, 1.165) is 12.1 Å². The van der Waals surface area contributed by atoms with E-state index in [9.17, 15) is 34.0 Å². The van der Waals surface area contributed by atoms with Crippen molar-refractivity contribution in [3.05, 3.63) is 35.4 Å². The Hall–Kier alpha value is -2.22. The number of carbonyl (C=O) groups is 1. The van der Waals surface area contributed by atoms with Crippen LogP contribution in [0.1, 0.15) is 107 Å². The van der Waals surface area contributed by atoms with Crippen molar-refractivity contribution in [2.24, 2.45) is 34.7 Å². The van der Waals surface area contributed by atoms with Gasteiger partial charge in [0.2, 0.25) is 0 Å². The van der Waals surface area contributed by atoms with Crippen LogP contribution in [0.4, 0.5) is 8.78 Å². The van der Waals surface area contributed by atoms with Gasteiger partial charge >= 0.3 is 0 Å². The van der Waals surface area contributed by atoms with E-state index < -0.39 is 107 Å². The molecule has 14 nitrogen and oxygen atoms in total. The number of hydrogen-bond acceptors (Lipinski definition) is 14. The van der Waals surface area contributed by atoms with Crippen molar-refractivity contribution in [3.63, 3.8) is 0 Å². The molecule has 0 aromatic heterocycles. The summed E-state index contributed by atoms with van der Waals surface area (Å²) in [4.78, 5) is 22.4. The fourth-order valence-corrected chi connectivity index (χ4v) is 10.0. The van der Waals surface area contributed by atoms with Crippen molar-refractivity contribution in [2.45, 2.75) is 186 Å². The Labute approximate surface area is 367 Å². The smallest absolute Gasteiger partial charge is 0.185 e. The largest absolute Gasteiger partial charge is 0.391 e. The molecule has 4 rings (SSSR count). The van der Waals surface area contributed by atoms with Crippen LogP contribution in [0.25, 0.3) is 0 Å². The van der Waals surface area contributed by atoms with Crippen molar-refractivity contribution in [1.29, 1.82) is 0 Å². The molecule has 1 aromatic rings. The highest BCUT2D eigenvalue weighted by atomic mass is 19.1. The van der Waals surface area contributed by atoms with E-state index in [4.69, 9.17) is 33.3 Å². The van der Waals surface area contributed by atoms with E-state index in [2.05, 4.69) is 5.16 Å². The minimum atomic E-state index is -1.80. The molecule has 62 heavy (non-hydrogen) atoms. The third-order valence-electron chi connectivity index (χ3n) is 14.3. The lowest BCUT2D eigenvalue weighted by molar-refractivity contribution is -0.318. The van der Waals surface area contributed by atoms with Crippen molar-refractivity contribution < 1.29 is 67.3 Å². The van der Waals surface area contributed by atoms with Gasteiger partial charge in [0, 0.05) is 68.4 Å². The SMILES string of the molecule is CC[C@H]1CC(=O)[C@H](C)[C@@H](O[C@H]2C[C@@](C)(OC)[C@@H](O)[C@H](C)O2)[C@H](C)[C@@H](O[C@@H]2O[C@H](C)C[C@H](N(C)C)[C@H]2O)[C@](C)(OC)C[C@@H](C)/C(=N\OCc2ccc(F)cc2F)[C@H](C)[C@@H](O)[C@]1(C)O. The average Bonchev–Trinajstić information content (AvgIpc) is 3.21. The fourth-order valence-electron chi connectivity index (χ4n) is 10.0. The highest BCUT2D eigenvalue weighted by Crippen LogP contribution is 2.43. The summed E-state index contributed by atoms with van der Waals surface area (Å²) in [5.74, 6) is -5.48. The number of hydrogen-bond donors (Lipinski definition) is 4. The number of rotatable bonds is 11. The first-order valence-corrected chi connectivity index (χ1v) is 22.2. The van der Waals surface area contributed by atoms with Gasteiger partial charge in [-0.15, -0.1) is 0 Å². The van der Waals surface area contributed by atoms with Gasteiger partial charge in [0.15, 0.2) is 12.6 Å². The number of aliphatic hydroxyl groups is 4. The maximum Gasteiger partial charge on any atom is 0.185 e. The molecule has 3 aliphatic rings. The number of aliphatic hydroxyl groups excluding tert-OH is 3. The second-order valence-electron chi connectivity index (χ2n) is 19.2. The number of ketones is 1. The van der Waals surface area contributed by atoms with Crippen LogP contribution in [0.5, 0.6) is 0 Å². The van der Waals surface area contributed by atoms with E-state index in [1.165, 1.54) is 27.2 Å². The minimum Gasteiger partial charge on any atom is -0.391 e. The summed E-state index contributed by atoms with van der Waals surface area (Å²) in [5, 5.41) is 51.6.